The highest BCUT2D eigenvalue weighted by molar-refractivity contribution is 4.67. The van der Waals surface area contributed by atoms with Crippen molar-refractivity contribution in [3.8, 4) is 0 Å². The highest BCUT2D eigenvalue weighted by Gasteiger charge is 2.13. The minimum atomic E-state index is 0.729. The molecule has 2 heteroatoms. The Morgan fingerprint density at radius 2 is 1.71 bits per heavy atom. The third kappa shape index (κ3) is 7.77. The second-order valence-corrected chi connectivity index (χ2v) is 5.84. The summed E-state index contributed by atoms with van der Waals surface area (Å²) in [5, 5.41) is 0. The van der Waals surface area contributed by atoms with Crippen molar-refractivity contribution in [3.63, 3.8) is 0 Å². The normalized spacial score (nSPS) is 15.5. The van der Waals surface area contributed by atoms with E-state index in [4.69, 9.17) is 5.73 Å². The number of nitrogens with zero attached hydrogens (tertiary/aromatic N) is 1. The summed E-state index contributed by atoms with van der Waals surface area (Å²) < 4.78 is 0. The van der Waals surface area contributed by atoms with Crippen molar-refractivity contribution < 1.29 is 0 Å². The first-order chi connectivity index (χ1) is 8.02. The van der Waals surface area contributed by atoms with Crippen LogP contribution in [0.25, 0.3) is 0 Å². The molecule has 0 aliphatic carbocycles. The number of nitrogens with two attached hydrogens (primary N) is 1. The molecular formula is C15H34N2. The molecule has 0 saturated carbocycles. The standard InChI is InChI=1S/C15H34N2/c1-6-8-14(4)17(5)12-7-9-15(10-11-16)13(2)3/h13-15H,6-12,16H2,1-5H3. The summed E-state index contributed by atoms with van der Waals surface area (Å²) in [5.74, 6) is 1.59. The van der Waals surface area contributed by atoms with Crippen molar-refractivity contribution in [1.29, 1.82) is 0 Å². The average molecular weight is 242 g/mol. The Balaban J connectivity index is 3.79. The fourth-order valence-corrected chi connectivity index (χ4v) is 2.49. The van der Waals surface area contributed by atoms with E-state index in [2.05, 4.69) is 39.6 Å². The Kier molecular flexibility index (Phi) is 9.85. The molecule has 0 saturated heterocycles. The van der Waals surface area contributed by atoms with Crippen molar-refractivity contribution in [2.45, 2.75) is 65.8 Å². The minimum Gasteiger partial charge on any atom is -0.330 e. The molecule has 0 aromatic heterocycles. The zero-order valence-corrected chi connectivity index (χ0v) is 12.7. The van der Waals surface area contributed by atoms with Crippen LogP contribution in [-0.4, -0.2) is 31.1 Å². The molecule has 0 amide bonds. The fourth-order valence-electron chi connectivity index (χ4n) is 2.49. The van der Waals surface area contributed by atoms with E-state index >= 15 is 0 Å². The fraction of sp³-hybridized carbons (Fsp3) is 1.00. The number of hydrogen-bond acceptors (Lipinski definition) is 2. The maximum Gasteiger partial charge on any atom is 0.00637 e. The molecular weight excluding hydrogens is 208 g/mol. The maximum atomic E-state index is 5.68. The Morgan fingerprint density at radius 3 is 2.18 bits per heavy atom. The highest BCUT2D eigenvalue weighted by Crippen LogP contribution is 2.20. The summed E-state index contributed by atoms with van der Waals surface area (Å²) in [7, 11) is 2.26. The van der Waals surface area contributed by atoms with Crippen molar-refractivity contribution in [2.24, 2.45) is 17.6 Å². The van der Waals surface area contributed by atoms with Crippen LogP contribution in [0.15, 0.2) is 0 Å². The van der Waals surface area contributed by atoms with Crippen LogP contribution >= 0.6 is 0 Å². The van der Waals surface area contributed by atoms with Crippen molar-refractivity contribution in [2.75, 3.05) is 20.1 Å². The molecule has 0 spiro atoms. The van der Waals surface area contributed by atoms with Crippen LogP contribution in [0.1, 0.15) is 59.8 Å². The molecule has 0 aromatic rings. The molecule has 0 heterocycles. The lowest BCUT2D eigenvalue weighted by Gasteiger charge is -2.26. The first-order valence-electron chi connectivity index (χ1n) is 7.43. The van der Waals surface area contributed by atoms with Crippen LogP contribution < -0.4 is 5.73 Å². The van der Waals surface area contributed by atoms with Crippen LogP contribution in [0.2, 0.25) is 0 Å². The van der Waals surface area contributed by atoms with Gasteiger partial charge in [0, 0.05) is 6.04 Å². The quantitative estimate of drug-likeness (QED) is 0.635. The molecule has 0 bridgehead atoms. The Hall–Kier alpha value is -0.0800. The minimum absolute atomic E-state index is 0.729. The molecule has 2 nitrogen and oxygen atoms in total. The summed E-state index contributed by atoms with van der Waals surface area (Å²) in [6.07, 6.45) is 6.43. The molecule has 2 N–H and O–H groups in total. The van der Waals surface area contributed by atoms with E-state index in [0.29, 0.717) is 0 Å². The first kappa shape index (κ1) is 16.9. The topological polar surface area (TPSA) is 29.3 Å². The maximum absolute atomic E-state index is 5.68. The van der Waals surface area contributed by atoms with E-state index in [9.17, 15) is 0 Å². The lowest BCUT2D eigenvalue weighted by molar-refractivity contribution is 0.226. The van der Waals surface area contributed by atoms with Gasteiger partial charge in [-0.1, -0.05) is 27.2 Å². The van der Waals surface area contributed by atoms with Gasteiger partial charge in [-0.25, -0.2) is 0 Å². The first-order valence-corrected chi connectivity index (χ1v) is 7.43. The Bertz CT molecular complexity index is 168. The highest BCUT2D eigenvalue weighted by atomic mass is 15.1. The Morgan fingerprint density at radius 1 is 1.06 bits per heavy atom. The van der Waals surface area contributed by atoms with Gasteiger partial charge in [-0.05, 0) is 64.6 Å². The van der Waals surface area contributed by atoms with Crippen molar-refractivity contribution in [3.05, 3.63) is 0 Å². The second-order valence-electron chi connectivity index (χ2n) is 5.84. The zero-order chi connectivity index (χ0) is 13.3. The van der Waals surface area contributed by atoms with Crippen LogP contribution in [0, 0.1) is 11.8 Å². The molecule has 104 valence electrons. The van der Waals surface area contributed by atoms with E-state index in [0.717, 1.165) is 24.4 Å². The van der Waals surface area contributed by atoms with Gasteiger partial charge in [-0.2, -0.15) is 0 Å². The predicted octanol–water partition coefficient (Wildman–Crippen LogP) is 3.51. The van der Waals surface area contributed by atoms with Gasteiger partial charge < -0.3 is 10.6 Å². The average Bonchev–Trinajstić information content (AvgIpc) is 2.27. The van der Waals surface area contributed by atoms with Crippen LogP contribution in [0.3, 0.4) is 0 Å². The van der Waals surface area contributed by atoms with E-state index in [1.54, 1.807) is 0 Å². The van der Waals surface area contributed by atoms with Crippen molar-refractivity contribution in [1.82, 2.24) is 4.90 Å². The van der Waals surface area contributed by atoms with Crippen LogP contribution in [0.5, 0.6) is 0 Å². The molecule has 17 heavy (non-hydrogen) atoms. The van der Waals surface area contributed by atoms with Crippen LogP contribution in [0.4, 0.5) is 0 Å². The molecule has 2 atom stereocenters. The van der Waals surface area contributed by atoms with Gasteiger partial charge in [0.25, 0.3) is 0 Å². The van der Waals surface area contributed by atoms with E-state index in [-0.39, 0.29) is 0 Å². The SMILES string of the molecule is CCCC(C)N(C)CCCC(CCN)C(C)C. The van der Waals surface area contributed by atoms with E-state index in [1.807, 2.05) is 0 Å². The van der Waals surface area contributed by atoms with Crippen molar-refractivity contribution >= 4 is 0 Å². The van der Waals surface area contributed by atoms with Gasteiger partial charge in [0.15, 0.2) is 0 Å². The molecule has 0 rings (SSSR count). The molecule has 2 unspecified atom stereocenters. The zero-order valence-electron chi connectivity index (χ0n) is 12.7. The molecule has 0 aliphatic rings. The van der Waals surface area contributed by atoms with Crippen LogP contribution in [-0.2, 0) is 0 Å². The molecule has 0 aliphatic heterocycles. The van der Waals surface area contributed by atoms with E-state index < -0.39 is 0 Å². The van der Waals surface area contributed by atoms with E-state index in [1.165, 1.54) is 38.6 Å². The smallest absolute Gasteiger partial charge is 0.00637 e. The molecule has 0 radical (unpaired) electrons. The third-order valence-electron chi connectivity index (χ3n) is 4.02. The second kappa shape index (κ2) is 9.90. The Labute approximate surface area is 109 Å². The van der Waals surface area contributed by atoms with Gasteiger partial charge in [0.1, 0.15) is 0 Å². The lowest BCUT2D eigenvalue weighted by atomic mass is 9.88. The van der Waals surface area contributed by atoms with Gasteiger partial charge >= 0.3 is 0 Å². The summed E-state index contributed by atoms with van der Waals surface area (Å²) >= 11 is 0. The van der Waals surface area contributed by atoms with Gasteiger partial charge in [0.2, 0.25) is 0 Å². The molecule has 0 fully saturated rings. The van der Waals surface area contributed by atoms with Gasteiger partial charge in [0.05, 0.1) is 0 Å². The monoisotopic (exact) mass is 242 g/mol. The number of rotatable bonds is 10. The molecule has 0 aromatic carbocycles. The predicted molar refractivity (Wildman–Crippen MR) is 78.2 cm³/mol. The lowest BCUT2D eigenvalue weighted by Crippen LogP contribution is -2.30. The summed E-state index contributed by atoms with van der Waals surface area (Å²) in [6.45, 7) is 11.3. The third-order valence-corrected chi connectivity index (χ3v) is 4.02. The van der Waals surface area contributed by atoms with Gasteiger partial charge in [-0.3, -0.25) is 0 Å². The summed E-state index contributed by atoms with van der Waals surface area (Å²) in [5.41, 5.74) is 5.68. The summed E-state index contributed by atoms with van der Waals surface area (Å²) in [6, 6.07) is 0.729. The largest absolute Gasteiger partial charge is 0.330 e. The summed E-state index contributed by atoms with van der Waals surface area (Å²) in [4.78, 5) is 2.50. The van der Waals surface area contributed by atoms with Gasteiger partial charge in [-0.15, -0.1) is 0 Å². The number of hydrogen-bond donors (Lipinski definition) is 1.